The summed E-state index contributed by atoms with van der Waals surface area (Å²) >= 11 is 4.97. The van der Waals surface area contributed by atoms with E-state index in [0.717, 1.165) is 14.9 Å². The van der Waals surface area contributed by atoms with E-state index in [0.29, 0.717) is 30.0 Å². The molecule has 0 saturated carbocycles. The highest BCUT2D eigenvalue weighted by molar-refractivity contribution is 9.10. The first-order valence-corrected chi connectivity index (χ1v) is 9.70. The summed E-state index contributed by atoms with van der Waals surface area (Å²) in [5, 5.41) is 4.84. The van der Waals surface area contributed by atoms with Gasteiger partial charge in [0.1, 0.15) is 5.82 Å². The first-order valence-electron chi connectivity index (χ1n) is 8.02. The summed E-state index contributed by atoms with van der Waals surface area (Å²) < 4.78 is 1.01. The summed E-state index contributed by atoms with van der Waals surface area (Å²) in [5.41, 5.74) is 1.76. The van der Waals surface area contributed by atoms with Crippen LogP contribution in [-0.4, -0.2) is 20.9 Å². The Labute approximate surface area is 162 Å². The third kappa shape index (κ3) is 4.64. The summed E-state index contributed by atoms with van der Waals surface area (Å²) in [6, 6.07) is 5.54. The topological polar surface area (TPSA) is 87.7 Å². The monoisotopic (exact) mass is 432 g/mol. The predicted molar refractivity (Wildman–Crippen MR) is 105 cm³/mol. The van der Waals surface area contributed by atoms with E-state index < -0.39 is 0 Å². The highest BCUT2D eigenvalue weighted by Gasteiger charge is 2.12. The standard InChI is InChI=1S/C18H17BrN4O2S/c1-11-15(2-3-16(24)21-9-14-8-13(19)10-26-14)18(25)23-17(22-11)12-4-6-20-7-5-12/h4-8,10H,2-3,9H2,1H3,(H,21,24)(H,22,23,25). The van der Waals surface area contributed by atoms with Crippen LogP contribution in [0.3, 0.4) is 0 Å². The van der Waals surface area contributed by atoms with Crippen molar-refractivity contribution in [2.45, 2.75) is 26.3 Å². The molecule has 1 amide bonds. The number of hydrogen-bond donors (Lipinski definition) is 2. The Morgan fingerprint density at radius 3 is 2.77 bits per heavy atom. The lowest BCUT2D eigenvalue weighted by Gasteiger charge is -2.08. The average molecular weight is 433 g/mol. The zero-order chi connectivity index (χ0) is 18.5. The molecule has 8 heteroatoms. The summed E-state index contributed by atoms with van der Waals surface area (Å²) in [6.45, 7) is 2.28. The Hall–Kier alpha value is -2.32. The van der Waals surface area contributed by atoms with Gasteiger partial charge in [0, 0.05) is 50.4 Å². The molecule has 134 valence electrons. The maximum atomic E-state index is 12.4. The molecule has 0 aliphatic carbocycles. The van der Waals surface area contributed by atoms with Crippen LogP contribution in [0.1, 0.15) is 22.6 Å². The number of carbonyl (C=O) groups is 1. The number of carbonyl (C=O) groups excluding carboxylic acids is 1. The van der Waals surface area contributed by atoms with Gasteiger partial charge in [-0.15, -0.1) is 11.3 Å². The van der Waals surface area contributed by atoms with Gasteiger partial charge in [-0.25, -0.2) is 4.98 Å². The maximum Gasteiger partial charge on any atom is 0.254 e. The van der Waals surface area contributed by atoms with Gasteiger partial charge in [0.25, 0.3) is 5.56 Å². The van der Waals surface area contributed by atoms with Crippen LogP contribution >= 0.6 is 27.3 Å². The number of halogens is 1. The molecule has 3 heterocycles. The Balaban J connectivity index is 1.62. The van der Waals surface area contributed by atoms with Gasteiger partial charge in [-0.05, 0) is 47.5 Å². The minimum absolute atomic E-state index is 0.0912. The van der Waals surface area contributed by atoms with Crippen molar-refractivity contribution >= 4 is 33.2 Å². The summed E-state index contributed by atoms with van der Waals surface area (Å²) in [5.74, 6) is 0.415. The van der Waals surface area contributed by atoms with Crippen LogP contribution in [0.5, 0.6) is 0 Å². The predicted octanol–water partition coefficient (Wildman–Crippen LogP) is 3.21. The molecule has 0 aromatic carbocycles. The summed E-state index contributed by atoms with van der Waals surface area (Å²) in [6.07, 6.45) is 3.89. The first-order chi connectivity index (χ1) is 12.5. The van der Waals surface area contributed by atoms with E-state index in [9.17, 15) is 9.59 Å². The van der Waals surface area contributed by atoms with E-state index in [1.165, 1.54) is 0 Å². The van der Waals surface area contributed by atoms with E-state index in [1.54, 1.807) is 42.8 Å². The molecule has 0 spiro atoms. The number of rotatable bonds is 6. The minimum Gasteiger partial charge on any atom is -0.351 e. The molecular formula is C18H17BrN4O2S. The molecule has 0 unspecified atom stereocenters. The molecule has 0 saturated heterocycles. The Morgan fingerprint density at radius 1 is 1.35 bits per heavy atom. The second-order valence-electron chi connectivity index (χ2n) is 5.72. The molecule has 6 nitrogen and oxygen atoms in total. The lowest BCUT2D eigenvalue weighted by molar-refractivity contribution is -0.121. The molecule has 0 aliphatic rings. The second-order valence-corrected chi connectivity index (χ2v) is 7.63. The molecule has 0 bridgehead atoms. The van der Waals surface area contributed by atoms with Crippen LogP contribution < -0.4 is 10.9 Å². The molecule has 3 aromatic heterocycles. The smallest absolute Gasteiger partial charge is 0.254 e. The van der Waals surface area contributed by atoms with E-state index in [-0.39, 0.29) is 17.9 Å². The zero-order valence-electron chi connectivity index (χ0n) is 14.1. The fourth-order valence-corrected chi connectivity index (χ4v) is 3.90. The second kappa shape index (κ2) is 8.37. The van der Waals surface area contributed by atoms with Crippen LogP contribution in [0.25, 0.3) is 11.4 Å². The number of amides is 1. The lowest BCUT2D eigenvalue weighted by atomic mass is 10.1. The van der Waals surface area contributed by atoms with Crippen LogP contribution in [0.4, 0.5) is 0 Å². The molecule has 2 N–H and O–H groups in total. The van der Waals surface area contributed by atoms with Crippen LogP contribution in [0, 0.1) is 6.92 Å². The van der Waals surface area contributed by atoms with Gasteiger partial charge < -0.3 is 10.3 Å². The van der Waals surface area contributed by atoms with Gasteiger partial charge >= 0.3 is 0 Å². The van der Waals surface area contributed by atoms with E-state index in [2.05, 4.69) is 36.2 Å². The Kier molecular flexibility index (Phi) is 5.95. The Morgan fingerprint density at radius 2 is 2.12 bits per heavy atom. The van der Waals surface area contributed by atoms with Crippen molar-refractivity contribution in [2.75, 3.05) is 0 Å². The van der Waals surface area contributed by atoms with Crippen molar-refractivity contribution in [1.29, 1.82) is 0 Å². The summed E-state index contributed by atoms with van der Waals surface area (Å²) in [7, 11) is 0. The minimum atomic E-state index is -0.209. The number of aromatic amines is 1. The van der Waals surface area contributed by atoms with Gasteiger partial charge in [-0.3, -0.25) is 14.6 Å². The fraction of sp³-hybridized carbons (Fsp3) is 0.222. The van der Waals surface area contributed by atoms with Crippen molar-refractivity contribution in [2.24, 2.45) is 0 Å². The van der Waals surface area contributed by atoms with Crippen molar-refractivity contribution in [3.8, 4) is 11.4 Å². The highest BCUT2D eigenvalue weighted by atomic mass is 79.9. The van der Waals surface area contributed by atoms with Crippen molar-refractivity contribution in [3.05, 3.63) is 66.9 Å². The van der Waals surface area contributed by atoms with E-state index in [1.807, 2.05) is 11.4 Å². The van der Waals surface area contributed by atoms with Crippen LogP contribution in [0.2, 0.25) is 0 Å². The fourth-order valence-electron chi connectivity index (χ4n) is 2.51. The average Bonchev–Trinajstić information content (AvgIpc) is 3.05. The van der Waals surface area contributed by atoms with Gasteiger partial charge in [0.15, 0.2) is 0 Å². The molecule has 3 rings (SSSR count). The number of hydrogen-bond acceptors (Lipinski definition) is 5. The number of nitrogens with one attached hydrogen (secondary N) is 2. The van der Waals surface area contributed by atoms with Gasteiger partial charge in [-0.1, -0.05) is 0 Å². The molecule has 0 aliphatic heterocycles. The lowest BCUT2D eigenvalue weighted by Crippen LogP contribution is -2.24. The molecule has 0 atom stereocenters. The number of thiophene rings is 1. The molecule has 26 heavy (non-hydrogen) atoms. The zero-order valence-corrected chi connectivity index (χ0v) is 16.5. The van der Waals surface area contributed by atoms with Crippen LogP contribution in [0.15, 0.2) is 45.2 Å². The van der Waals surface area contributed by atoms with Gasteiger partial charge in [0.2, 0.25) is 5.91 Å². The molecular weight excluding hydrogens is 416 g/mol. The van der Waals surface area contributed by atoms with E-state index >= 15 is 0 Å². The first kappa shape index (κ1) is 18.5. The SMILES string of the molecule is Cc1nc(-c2ccncc2)[nH]c(=O)c1CCC(=O)NCc1cc(Br)cs1. The highest BCUT2D eigenvalue weighted by Crippen LogP contribution is 2.19. The normalized spacial score (nSPS) is 10.7. The van der Waals surface area contributed by atoms with Crippen LogP contribution in [-0.2, 0) is 17.8 Å². The maximum absolute atomic E-state index is 12.4. The largest absolute Gasteiger partial charge is 0.351 e. The third-order valence-corrected chi connectivity index (χ3v) is 5.56. The number of aryl methyl sites for hydroxylation is 1. The van der Waals surface area contributed by atoms with Crippen molar-refractivity contribution < 1.29 is 4.79 Å². The van der Waals surface area contributed by atoms with Gasteiger partial charge in [0.05, 0.1) is 6.54 Å². The van der Waals surface area contributed by atoms with E-state index in [4.69, 9.17) is 0 Å². The number of pyridine rings is 1. The van der Waals surface area contributed by atoms with Crippen molar-refractivity contribution in [1.82, 2.24) is 20.3 Å². The summed E-state index contributed by atoms with van der Waals surface area (Å²) in [4.78, 5) is 36.7. The number of H-pyrrole nitrogens is 1. The van der Waals surface area contributed by atoms with Gasteiger partial charge in [-0.2, -0.15) is 0 Å². The molecule has 3 aromatic rings. The third-order valence-electron chi connectivity index (χ3n) is 3.86. The number of nitrogens with zero attached hydrogens (tertiary/aromatic N) is 2. The molecule has 0 fully saturated rings. The quantitative estimate of drug-likeness (QED) is 0.625. The van der Waals surface area contributed by atoms with Crippen molar-refractivity contribution in [3.63, 3.8) is 0 Å². The Bertz CT molecular complexity index is 969. The number of aromatic nitrogens is 3. The molecule has 0 radical (unpaired) electrons.